The van der Waals surface area contributed by atoms with Crippen molar-refractivity contribution < 1.29 is 4.79 Å². The second-order valence-corrected chi connectivity index (χ2v) is 4.98. The van der Waals surface area contributed by atoms with Crippen molar-refractivity contribution in [3.8, 4) is 0 Å². The van der Waals surface area contributed by atoms with Gasteiger partial charge in [-0.05, 0) is 11.1 Å². The van der Waals surface area contributed by atoms with Gasteiger partial charge in [-0.25, -0.2) is 0 Å². The second-order valence-electron chi connectivity index (χ2n) is 4.98. The van der Waals surface area contributed by atoms with Crippen molar-refractivity contribution in [1.82, 2.24) is 0 Å². The van der Waals surface area contributed by atoms with Crippen molar-refractivity contribution in [2.75, 3.05) is 0 Å². The van der Waals surface area contributed by atoms with E-state index >= 15 is 0 Å². The van der Waals surface area contributed by atoms with Crippen molar-refractivity contribution in [3.05, 3.63) is 71.8 Å². The smallest absolute Gasteiger partial charge is 0.136 e. The van der Waals surface area contributed by atoms with E-state index in [1.165, 1.54) is 0 Å². The normalized spacial score (nSPS) is 13.7. The summed E-state index contributed by atoms with van der Waals surface area (Å²) in [5.41, 5.74) is 14.1. The molecule has 0 aromatic heterocycles. The zero-order valence-corrected chi connectivity index (χ0v) is 11.4. The number of carbonyl (C=O) groups excluding carboxylic acids is 1. The molecule has 0 aliphatic rings. The number of rotatable bonds is 6. The highest BCUT2D eigenvalue weighted by Gasteiger charge is 2.15. The predicted octanol–water partition coefficient (Wildman–Crippen LogP) is 2.74. The van der Waals surface area contributed by atoms with E-state index in [-0.39, 0.29) is 17.9 Å². The van der Waals surface area contributed by atoms with Crippen molar-refractivity contribution >= 4 is 5.78 Å². The van der Waals surface area contributed by atoms with Crippen LogP contribution in [0.2, 0.25) is 0 Å². The van der Waals surface area contributed by atoms with Gasteiger partial charge in [-0.15, -0.1) is 0 Å². The summed E-state index contributed by atoms with van der Waals surface area (Å²) in [6.07, 6.45) is 0.648. The fourth-order valence-electron chi connectivity index (χ4n) is 2.21. The van der Waals surface area contributed by atoms with Gasteiger partial charge in [0, 0.05) is 24.9 Å². The fraction of sp³-hybridized carbons (Fsp3) is 0.235. The summed E-state index contributed by atoms with van der Waals surface area (Å²) in [5, 5.41) is 0. The third-order valence-electron chi connectivity index (χ3n) is 3.35. The Balaban J connectivity index is 1.90. The van der Waals surface area contributed by atoms with Gasteiger partial charge < -0.3 is 11.5 Å². The van der Waals surface area contributed by atoms with E-state index in [0.717, 1.165) is 11.1 Å². The van der Waals surface area contributed by atoms with Crippen molar-refractivity contribution in [2.24, 2.45) is 11.5 Å². The molecule has 2 atom stereocenters. The number of ketones is 1. The molecule has 0 saturated heterocycles. The number of Topliss-reactive ketones (excluding diaryl/α,β-unsaturated/α-hetero) is 1. The van der Waals surface area contributed by atoms with Crippen LogP contribution in [0.5, 0.6) is 0 Å². The van der Waals surface area contributed by atoms with E-state index < -0.39 is 0 Å². The first kappa shape index (κ1) is 14.4. The molecule has 3 nitrogen and oxygen atoms in total. The highest BCUT2D eigenvalue weighted by molar-refractivity contribution is 5.80. The zero-order chi connectivity index (χ0) is 14.4. The largest absolute Gasteiger partial charge is 0.324 e. The summed E-state index contributed by atoms with van der Waals surface area (Å²) in [4.78, 5) is 12.1. The minimum absolute atomic E-state index is 0.0951. The van der Waals surface area contributed by atoms with Crippen molar-refractivity contribution in [1.29, 1.82) is 0 Å². The standard InChI is InChI=1S/C17H20N2O/c18-16(13-7-3-1-4-8-13)11-15(20)12-17(19)14-9-5-2-6-10-14/h1-10,16-17H,11-12,18-19H2. The molecule has 0 fully saturated rings. The molecule has 0 spiro atoms. The lowest BCUT2D eigenvalue weighted by Gasteiger charge is -2.14. The lowest BCUT2D eigenvalue weighted by Crippen LogP contribution is -2.20. The number of carbonyl (C=O) groups is 1. The van der Waals surface area contributed by atoms with E-state index in [9.17, 15) is 4.79 Å². The van der Waals surface area contributed by atoms with Gasteiger partial charge in [-0.3, -0.25) is 4.79 Å². The SMILES string of the molecule is NC(CC(=O)CC(N)c1ccccc1)c1ccccc1. The first-order chi connectivity index (χ1) is 9.66. The average Bonchev–Trinajstić information content (AvgIpc) is 2.49. The van der Waals surface area contributed by atoms with Gasteiger partial charge >= 0.3 is 0 Å². The summed E-state index contributed by atoms with van der Waals surface area (Å²) >= 11 is 0. The van der Waals surface area contributed by atoms with Crippen molar-refractivity contribution in [2.45, 2.75) is 24.9 Å². The Labute approximate surface area is 119 Å². The Morgan fingerprint density at radius 2 is 1.10 bits per heavy atom. The summed E-state index contributed by atoms with van der Waals surface area (Å²) < 4.78 is 0. The second kappa shape index (κ2) is 6.98. The van der Waals surface area contributed by atoms with Gasteiger partial charge in [0.05, 0.1) is 0 Å². The van der Waals surface area contributed by atoms with Gasteiger partial charge in [0.25, 0.3) is 0 Å². The van der Waals surface area contributed by atoms with E-state index in [4.69, 9.17) is 11.5 Å². The van der Waals surface area contributed by atoms with E-state index in [1.54, 1.807) is 0 Å². The summed E-state index contributed by atoms with van der Waals surface area (Å²) in [5.74, 6) is 0.0951. The lowest BCUT2D eigenvalue weighted by molar-refractivity contribution is -0.119. The lowest BCUT2D eigenvalue weighted by atomic mass is 9.96. The molecule has 0 amide bonds. The molecule has 0 bridgehead atoms. The molecule has 2 aromatic carbocycles. The molecule has 0 heterocycles. The summed E-state index contributed by atoms with van der Waals surface area (Å²) in [6, 6.07) is 18.8. The van der Waals surface area contributed by atoms with Crippen LogP contribution < -0.4 is 11.5 Å². The van der Waals surface area contributed by atoms with E-state index in [1.807, 2.05) is 60.7 Å². The minimum atomic E-state index is -0.258. The fourth-order valence-corrected chi connectivity index (χ4v) is 2.21. The Kier molecular flexibility index (Phi) is 5.04. The topological polar surface area (TPSA) is 69.1 Å². The molecule has 0 aliphatic carbocycles. The Morgan fingerprint density at radius 3 is 1.45 bits per heavy atom. The van der Waals surface area contributed by atoms with E-state index in [2.05, 4.69) is 0 Å². The molecule has 4 N–H and O–H groups in total. The molecule has 0 saturated carbocycles. The number of hydrogen-bond acceptors (Lipinski definition) is 3. The van der Waals surface area contributed by atoms with Gasteiger partial charge in [-0.2, -0.15) is 0 Å². The number of hydrogen-bond donors (Lipinski definition) is 2. The number of benzene rings is 2. The minimum Gasteiger partial charge on any atom is -0.324 e. The molecule has 2 aromatic rings. The van der Waals surface area contributed by atoms with Crippen molar-refractivity contribution in [3.63, 3.8) is 0 Å². The predicted molar refractivity (Wildman–Crippen MR) is 81.0 cm³/mol. The van der Waals surface area contributed by atoms with Gasteiger partial charge in [-0.1, -0.05) is 60.7 Å². The van der Waals surface area contributed by atoms with Crippen LogP contribution in [0.25, 0.3) is 0 Å². The maximum atomic E-state index is 12.1. The van der Waals surface area contributed by atoms with E-state index in [0.29, 0.717) is 12.8 Å². The van der Waals surface area contributed by atoms with Crippen LogP contribution in [0.15, 0.2) is 60.7 Å². The number of nitrogens with two attached hydrogens (primary N) is 2. The highest BCUT2D eigenvalue weighted by Crippen LogP contribution is 2.19. The third-order valence-corrected chi connectivity index (χ3v) is 3.35. The Hall–Kier alpha value is -1.97. The molecule has 0 radical (unpaired) electrons. The van der Waals surface area contributed by atoms with Crippen LogP contribution in [-0.4, -0.2) is 5.78 Å². The molecule has 3 heteroatoms. The molecule has 2 unspecified atom stereocenters. The molecular formula is C17H20N2O. The van der Waals surface area contributed by atoms with Crippen LogP contribution in [0.1, 0.15) is 36.1 Å². The average molecular weight is 268 g/mol. The Bertz CT molecular complexity index is 490. The van der Waals surface area contributed by atoms with Gasteiger partial charge in [0.15, 0.2) is 0 Å². The monoisotopic (exact) mass is 268 g/mol. The summed E-state index contributed by atoms with van der Waals surface area (Å²) in [7, 11) is 0. The Morgan fingerprint density at radius 1 is 0.750 bits per heavy atom. The maximum Gasteiger partial charge on any atom is 0.136 e. The zero-order valence-electron chi connectivity index (χ0n) is 11.4. The first-order valence-electron chi connectivity index (χ1n) is 6.79. The van der Waals surface area contributed by atoms with Crippen LogP contribution in [0.4, 0.5) is 0 Å². The molecule has 20 heavy (non-hydrogen) atoms. The molecule has 2 rings (SSSR count). The van der Waals surface area contributed by atoms with Gasteiger partial charge in [0.2, 0.25) is 0 Å². The summed E-state index contributed by atoms with van der Waals surface area (Å²) in [6.45, 7) is 0. The van der Waals surface area contributed by atoms with Gasteiger partial charge in [0.1, 0.15) is 5.78 Å². The third kappa shape index (κ3) is 4.02. The van der Waals surface area contributed by atoms with Crippen LogP contribution in [0.3, 0.4) is 0 Å². The quantitative estimate of drug-likeness (QED) is 0.846. The molecule has 104 valence electrons. The van der Waals surface area contributed by atoms with Crippen LogP contribution in [0, 0.1) is 0 Å². The van der Waals surface area contributed by atoms with Crippen LogP contribution >= 0.6 is 0 Å². The molecular weight excluding hydrogens is 248 g/mol. The highest BCUT2D eigenvalue weighted by atomic mass is 16.1. The maximum absolute atomic E-state index is 12.1. The van der Waals surface area contributed by atoms with Crippen LogP contribution in [-0.2, 0) is 4.79 Å². The molecule has 0 aliphatic heterocycles. The first-order valence-corrected chi connectivity index (χ1v) is 6.79.